The number of benzene rings is 2. The average Bonchev–Trinajstić information content (AvgIpc) is 3.03. The summed E-state index contributed by atoms with van der Waals surface area (Å²) in [6.45, 7) is 1.55. The number of fused-ring (bicyclic) bond motifs is 1. The number of carbonyl (C=O) groups excluding carboxylic acids is 2. The molecule has 2 aromatic carbocycles. The van der Waals surface area contributed by atoms with Crippen molar-refractivity contribution in [2.45, 2.75) is 6.42 Å². The molecule has 1 aliphatic rings. The van der Waals surface area contributed by atoms with Gasteiger partial charge in [0.15, 0.2) is 6.29 Å². The van der Waals surface area contributed by atoms with Gasteiger partial charge in [-0.15, -0.1) is 0 Å². The number of hydrogen-bond acceptors (Lipinski definition) is 4. The van der Waals surface area contributed by atoms with Crippen LogP contribution in [0.25, 0.3) is 10.8 Å². The van der Waals surface area contributed by atoms with Gasteiger partial charge in [-0.25, -0.2) is 0 Å². The summed E-state index contributed by atoms with van der Waals surface area (Å²) in [4.78, 5) is 27.1. The second kappa shape index (κ2) is 5.91. The highest BCUT2D eigenvalue weighted by Gasteiger charge is 2.29. The van der Waals surface area contributed by atoms with Crippen molar-refractivity contribution in [1.29, 1.82) is 0 Å². The standard InChI is InChI=1S/C18H20N2O3/c1-19(2)18(23)13-7-8-20(10-13)14-4-5-15-12(9-14)3-6-17(22)16(15)11-21/h3-6,9,11,13,22H,7-8,10H2,1-2H3. The van der Waals surface area contributed by atoms with Crippen molar-refractivity contribution in [2.75, 3.05) is 32.1 Å². The number of aldehydes is 1. The second-order valence-corrected chi connectivity index (χ2v) is 6.19. The Labute approximate surface area is 135 Å². The molecule has 1 aliphatic heterocycles. The monoisotopic (exact) mass is 312 g/mol. The SMILES string of the molecule is CN(C)C(=O)C1CCN(c2ccc3c(C=O)c(O)ccc3c2)C1. The van der Waals surface area contributed by atoms with Crippen molar-refractivity contribution < 1.29 is 14.7 Å². The Morgan fingerprint density at radius 3 is 2.78 bits per heavy atom. The lowest BCUT2D eigenvalue weighted by Gasteiger charge is -2.20. The van der Waals surface area contributed by atoms with Crippen LogP contribution in [0.1, 0.15) is 16.8 Å². The van der Waals surface area contributed by atoms with Gasteiger partial charge in [-0.2, -0.15) is 0 Å². The molecular formula is C18H20N2O3. The molecular weight excluding hydrogens is 292 g/mol. The molecule has 120 valence electrons. The van der Waals surface area contributed by atoms with Gasteiger partial charge >= 0.3 is 0 Å². The van der Waals surface area contributed by atoms with Gasteiger partial charge in [0.05, 0.1) is 11.5 Å². The Bertz CT molecular complexity index is 770. The summed E-state index contributed by atoms with van der Waals surface area (Å²) in [6, 6.07) is 9.15. The number of rotatable bonds is 3. The topological polar surface area (TPSA) is 60.9 Å². The van der Waals surface area contributed by atoms with E-state index >= 15 is 0 Å². The van der Waals surface area contributed by atoms with Crippen molar-refractivity contribution in [1.82, 2.24) is 4.90 Å². The van der Waals surface area contributed by atoms with Crippen LogP contribution in [0.15, 0.2) is 30.3 Å². The molecule has 1 amide bonds. The van der Waals surface area contributed by atoms with Gasteiger partial charge in [-0.3, -0.25) is 9.59 Å². The minimum absolute atomic E-state index is 0.00179. The van der Waals surface area contributed by atoms with Crippen LogP contribution in [0.2, 0.25) is 0 Å². The third-order valence-corrected chi connectivity index (χ3v) is 4.48. The Kier molecular flexibility index (Phi) is 3.94. The van der Waals surface area contributed by atoms with Gasteiger partial charge in [0.1, 0.15) is 5.75 Å². The van der Waals surface area contributed by atoms with E-state index in [9.17, 15) is 14.7 Å². The molecule has 0 saturated carbocycles. The van der Waals surface area contributed by atoms with Crippen LogP contribution < -0.4 is 4.90 Å². The van der Waals surface area contributed by atoms with Crippen molar-refractivity contribution in [3.8, 4) is 5.75 Å². The highest BCUT2D eigenvalue weighted by Crippen LogP contribution is 2.31. The molecule has 0 aromatic heterocycles. The highest BCUT2D eigenvalue weighted by molar-refractivity contribution is 6.01. The molecule has 1 atom stereocenters. The fourth-order valence-corrected chi connectivity index (χ4v) is 3.21. The van der Waals surface area contributed by atoms with E-state index in [1.54, 1.807) is 25.1 Å². The first kappa shape index (κ1) is 15.3. The van der Waals surface area contributed by atoms with Crippen molar-refractivity contribution in [2.24, 2.45) is 5.92 Å². The maximum absolute atomic E-state index is 12.1. The van der Waals surface area contributed by atoms with E-state index in [0.29, 0.717) is 18.4 Å². The Hall–Kier alpha value is -2.56. The molecule has 1 unspecified atom stereocenters. The maximum atomic E-state index is 12.1. The van der Waals surface area contributed by atoms with Gasteiger partial charge in [0, 0.05) is 32.9 Å². The summed E-state index contributed by atoms with van der Waals surface area (Å²) in [5.74, 6) is 0.200. The Balaban J connectivity index is 1.89. The second-order valence-electron chi connectivity index (χ2n) is 6.19. The molecule has 1 heterocycles. The van der Waals surface area contributed by atoms with Crippen LogP contribution in [0.5, 0.6) is 5.75 Å². The van der Waals surface area contributed by atoms with Crippen LogP contribution in [0.4, 0.5) is 5.69 Å². The number of amides is 1. The van der Waals surface area contributed by atoms with Gasteiger partial charge < -0.3 is 14.9 Å². The Morgan fingerprint density at radius 1 is 1.30 bits per heavy atom. The fraction of sp³-hybridized carbons (Fsp3) is 0.333. The summed E-state index contributed by atoms with van der Waals surface area (Å²) >= 11 is 0. The minimum atomic E-state index is -0.00179. The van der Waals surface area contributed by atoms with E-state index in [-0.39, 0.29) is 17.6 Å². The summed E-state index contributed by atoms with van der Waals surface area (Å²) in [6.07, 6.45) is 1.53. The molecule has 0 radical (unpaired) electrons. The molecule has 5 heteroatoms. The molecule has 23 heavy (non-hydrogen) atoms. The number of phenols is 1. The van der Waals surface area contributed by atoms with Crippen molar-refractivity contribution in [3.63, 3.8) is 0 Å². The smallest absolute Gasteiger partial charge is 0.227 e. The molecule has 0 bridgehead atoms. The van der Waals surface area contributed by atoms with E-state index in [4.69, 9.17) is 0 Å². The van der Waals surface area contributed by atoms with Crippen LogP contribution in [0, 0.1) is 5.92 Å². The number of carbonyl (C=O) groups is 2. The third kappa shape index (κ3) is 2.74. The van der Waals surface area contributed by atoms with E-state index in [0.717, 1.165) is 29.4 Å². The zero-order valence-corrected chi connectivity index (χ0v) is 13.3. The molecule has 1 N–H and O–H groups in total. The molecule has 0 aliphatic carbocycles. The van der Waals surface area contributed by atoms with Crippen LogP contribution in [-0.2, 0) is 4.79 Å². The summed E-state index contributed by atoms with van der Waals surface area (Å²) < 4.78 is 0. The highest BCUT2D eigenvalue weighted by atomic mass is 16.3. The van der Waals surface area contributed by atoms with E-state index in [1.807, 2.05) is 18.2 Å². The predicted molar refractivity (Wildman–Crippen MR) is 90.0 cm³/mol. The average molecular weight is 312 g/mol. The summed E-state index contributed by atoms with van der Waals surface area (Å²) in [7, 11) is 3.57. The third-order valence-electron chi connectivity index (χ3n) is 4.48. The Morgan fingerprint density at radius 2 is 2.09 bits per heavy atom. The zero-order valence-electron chi connectivity index (χ0n) is 13.3. The number of phenolic OH excluding ortho intramolecular Hbond substituents is 1. The molecule has 3 rings (SSSR count). The lowest BCUT2D eigenvalue weighted by Crippen LogP contribution is -2.31. The van der Waals surface area contributed by atoms with Crippen molar-refractivity contribution in [3.05, 3.63) is 35.9 Å². The quantitative estimate of drug-likeness (QED) is 0.883. The number of anilines is 1. The van der Waals surface area contributed by atoms with Crippen LogP contribution in [-0.4, -0.2) is 49.4 Å². The first-order chi connectivity index (χ1) is 11.0. The molecule has 5 nitrogen and oxygen atoms in total. The number of nitrogens with zero attached hydrogens (tertiary/aromatic N) is 2. The van der Waals surface area contributed by atoms with E-state index in [2.05, 4.69) is 4.90 Å². The lowest BCUT2D eigenvalue weighted by molar-refractivity contribution is -0.132. The fourth-order valence-electron chi connectivity index (χ4n) is 3.21. The summed E-state index contributed by atoms with van der Waals surface area (Å²) in [5.41, 5.74) is 1.35. The summed E-state index contributed by atoms with van der Waals surface area (Å²) in [5, 5.41) is 11.4. The first-order valence-corrected chi connectivity index (χ1v) is 7.68. The molecule has 1 saturated heterocycles. The van der Waals surface area contributed by atoms with Crippen molar-refractivity contribution >= 4 is 28.7 Å². The first-order valence-electron chi connectivity index (χ1n) is 7.68. The molecule has 2 aromatic rings. The van der Waals surface area contributed by atoms with E-state index in [1.165, 1.54) is 6.07 Å². The van der Waals surface area contributed by atoms with Crippen LogP contribution >= 0.6 is 0 Å². The zero-order chi connectivity index (χ0) is 16.6. The van der Waals surface area contributed by atoms with Crippen LogP contribution in [0.3, 0.4) is 0 Å². The van der Waals surface area contributed by atoms with E-state index < -0.39 is 0 Å². The lowest BCUT2D eigenvalue weighted by atomic mass is 10.0. The van der Waals surface area contributed by atoms with Gasteiger partial charge in [-0.1, -0.05) is 12.1 Å². The van der Waals surface area contributed by atoms with Gasteiger partial charge in [-0.05, 0) is 35.4 Å². The van der Waals surface area contributed by atoms with Gasteiger partial charge in [0.25, 0.3) is 0 Å². The molecule has 1 fully saturated rings. The minimum Gasteiger partial charge on any atom is -0.507 e. The predicted octanol–water partition coefficient (Wildman–Crippen LogP) is 2.27. The largest absolute Gasteiger partial charge is 0.507 e. The maximum Gasteiger partial charge on any atom is 0.227 e. The number of hydrogen-bond donors (Lipinski definition) is 1. The molecule has 0 spiro atoms. The normalized spacial score (nSPS) is 17.5. The van der Waals surface area contributed by atoms with Gasteiger partial charge in [0.2, 0.25) is 5.91 Å². The number of aromatic hydroxyl groups is 1.